The summed E-state index contributed by atoms with van der Waals surface area (Å²) in [6.45, 7) is 12.0. The van der Waals surface area contributed by atoms with Crippen molar-refractivity contribution in [2.75, 3.05) is 19.0 Å². The van der Waals surface area contributed by atoms with E-state index < -0.39 is 7.26 Å². The minimum atomic E-state index is -0.801. The zero-order valence-corrected chi connectivity index (χ0v) is 9.20. The minimum absolute atomic E-state index is 0.801. The Hall–Kier alpha value is 0.430. The standard InChI is InChI=1S/C9H23P/c1-6-8-10(5,7-2)9(3)4/h9-10H,6-8H2,1-5H3. The summed E-state index contributed by atoms with van der Waals surface area (Å²) < 4.78 is 0. The first kappa shape index (κ1) is 10.4. The predicted octanol–water partition coefficient (Wildman–Crippen LogP) is 3.20. The van der Waals surface area contributed by atoms with E-state index in [2.05, 4.69) is 34.4 Å². The van der Waals surface area contributed by atoms with Crippen LogP contribution in [0.15, 0.2) is 0 Å². The van der Waals surface area contributed by atoms with Crippen LogP contribution in [-0.2, 0) is 0 Å². The van der Waals surface area contributed by atoms with Gasteiger partial charge in [0.2, 0.25) is 0 Å². The summed E-state index contributed by atoms with van der Waals surface area (Å²) in [5.41, 5.74) is 0.970. The monoisotopic (exact) mass is 162 g/mol. The van der Waals surface area contributed by atoms with E-state index in [1.54, 1.807) is 0 Å². The van der Waals surface area contributed by atoms with Crippen molar-refractivity contribution in [3.63, 3.8) is 0 Å². The molecular weight excluding hydrogens is 139 g/mol. The Kier molecular flexibility index (Phi) is 4.52. The number of rotatable bonds is 4. The van der Waals surface area contributed by atoms with Crippen molar-refractivity contribution in [2.24, 2.45) is 0 Å². The van der Waals surface area contributed by atoms with Gasteiger partial charge < -0.3 is 0 Å². The fourth-order valence-corrected chi connectivity index (χ4v) is 4.33. The normalized spacial score (nSPS) is 14.2. The Balaban J connectivity index is 3.94. The fraction of sp³-hybridized carbons (Fsp3) is 1.00. The molecule has 0 aromatic carbocycles. The molecule has 10 heavy (non-hydrogen) atoms. The van der Waals surface area contributed by atoms with Crippen LogP contribution < -0.4 is 0 Å². The van der Waals surface area contributed by atoms with Gasteiger partial charge in [-0.25, -0.2) is 0 Å². The SMILES string of the molecule is CCC[PH](C)(CC)C(C)C. The zero-order chi connectivity index (χ0) is 8.20. The van der Waals surface area contributed by atoms with Gasteiger partial charge in [0.1, 0.15) is 0 Å². The van der Waals surface area contributed by atoms with Gasteiger partial charge in [-0.3, -0.25) is 0 Å². The molecule has 0 bridgehead atoms. The van der Waals surface area contributed by atoms with Crippen LogP contribution >= 0.6 is 7.26 Å². The average molecular weight is 162 g/mol. The van der Waals surface area contributed by atoms with Crippen LogP contribution in [0.5, 0.6) is 0 Å². The first-order valence-corrected chi connectivity index (χ1v) is 7.56. The van der Waals surface area contributed by atoms with Gasteiger partial charge in [0.05, 0.1) is 0 Å². The predicted molar refractivity (Wildman–Crippen MR) is 55.1 cm³/mol. The Morgan fingerprint density at radius 3 is 1.80 bits per heavy atom. The summed E-state index contributed by atoms with van der Waals surface area (Å²) in [5.74, 6) is 0. The molecule has 0 radical (unpaired) electrons. The Morgan fingerprint density at radius 2 is 1.70 bits per heavy atom. The quantitative estimate of drug-likeness (QED) is 0.557. The van der Waals surface area contributed by atoms with E-state index >= 15 is 0 Å². The van der Waals surface area contributed by atoms with Gasteiger partial charge in [0, 0.05) is 0 Å². The van der Waals surface area contributed by atoms with Crippen molar-refractivity contribution < 1.29 is 0 Å². The number of hydrogen-bond donors (Lipinski definition) is 0. The molecule has 0 aliphatic rings. The molecule has 0 aromatic heterocycles. The summed E-state index contributed by atoms with van der Waals surface area (Å²) in [6, 6.07) is 0. The molecule has 0 N–H and O–H groups in total. The third-order valence-electron chi connectivity index (χ3n) is 3.02. The van der Waals surface area contributed by atoms with E-state index in [0.29, 0.717) is 0 Å². The third-order valence-corrected chi connectivity index (χ3v) is 9.07. The first-order valence-electron chi connectivity index (χ1n) is 4.56. The molecule has 0 aromatic rings. The molecule has 0 amide bonds. The number of hydrogen-bond acceptors (Lipinski definition) is 0. The van der Waals surface area contributed by atoms with Gasteiger partial charge in [0.15, 0.2) is 0 Å². The molecule has 0 spiro atoms. The van der Waals surface area contributed by atoms with E-state index in [0.717, 1.165) is 5.66 Å². The molecule has 0 fully saturated rings. The molecule has 0 aliphatic heterocycles. The van der Waals surface area contributed by atoms with Crippen LogP contribution in [-0.4, -0.2) is 24.6 Å². The van der Waals surface area contributed by atoms with Crippen LogP contribution in [0.25, 0.3) is 0 Å². The maximum atomic E-state index is 2.54. The average Bonchev–Trinajstić information content (AvgIpc) is 1.88. The van der Waals surface area contributed by atoms with Crippen molar-refractivity contribution in [3.8, 4) is 0 Å². The summed E-state index contributed by atoms with van der Waals surface area (Å²) in [6.07, 6.45) is 4.36. The maximum absolute atomic E-state index is 2.54. The Labute approximate surface area is 66.7 Å². The molecule has 0 rings (SSSR count). The second kappa shape index (κ2) is 4.34. The van der Waals surface area contributed by atoms with Crippen molar-refractivity contribution in [1.29, 1.82) is 0 Å². The van der Waals surface area contributed by atoms with E-state index in [-0.39, 0.29) is 0 Å². The van der Waals surface area contributed by atoms with Crippen LogP contribution in [0, 0.1) is 0 Å². The summed E-state index contributed by atoms with van der Waals surface area (Å²) in [5, 5.41) is 0. The molecule has 0 nitrogen and oxygen atoms in total. The van der Waals surface area contributed by atoms with Crippen LogP contribution in [0.1, 0.15) is 34.1 Å². The topological polar surface area (TPSA) is 0 Å². The van der Waals surface area contributed by atoms with Crippen LogP contribution in [0.3, 0.4) is 0 Å². The molecule has 0 unspecified atom stereocenters. The third kappa shape index (κ3) is 2.58. The Bertz CT molecular complexity index is 88.7. The second-order valence-corrected chi connectivity index (χ2v) is 9.58. The molecule has 0 saturated heterocycles. The van der Waals surface area contributed by atoms with Gasteiger partial charge in [-0.2, -0.15) is 0 Å². The summed E-state index contributed by atoms with van der Waals surface area (Å²) in [7, 11) is -0.801. The van der Waals surface area contributed by atoms with E-state index in [1.807, 2.05) is 0 Å². The van der Waals surface area contributed by atoms with Crippen LogP contribution in [0.4, 0.5) is 0 Å². The van der Waals surface area contributed by atoms with Crippen LogP contribution in [0.2, 0.25) is 0 Å². The van der Waals surface area contributed by atoms with E-state index in [1.165, 1.54) is 18.7 Å². The molecule has 64 valence electrons. The van der Waals surface area contributed by atoms with Gasteiger partial charge in [-0.05, 0) is 0 Å². The summed E-state index contributed by atoms with van der Waals surface area (Å²) in [4.78, 5) is 0. The summed E-state index contributed by atoms with van der Waals surface area (Å²) >= 11 is 0. The van der Waals surface area contributed by atoms with Gasteiger partial charge in [-0.1, -0.05) is 0 Å². The Morgan fingerprint density at radius 1 is 1.20 bits per heavy atom. The van der Waals surface area contributed by atoms with E-state index in [4.69, 9.17) is 0 Å². The fourth-order valence-electron chi connectivity index (χ4n) is 1.44. The van der Waals surface area contributed by atoms with Crippen molar-refractivity contribution >= 4 is 7.26 Å². The van der Waals surface area contributed by atoms with Crippen molar-refractivity contribution in [3.05, 3.63) is 0 Å². The first-order chi connectivity index (χ1) is 4.56. The zero-order valence-electron chi connectivity index (χ0n) is 8.20. The van der Waals surface area contributed by atoms with Crippen molar-refractivity contribution in [1.82, 2.24) is 0 Å². The van der Waals surface area contributed by atoms with Gasteiger partial charge >= 0.3 is 66.0 Å². The molecule has 1 heteroatoms. The van der Waals surface area contributed by atoms with Gasteiger partial charge in [-0.15, -0.1) is 0 Å². The molecule has 0 heterocycles. The second-order valence-electron chi connectivity index (χ2n) is 3.91. The van der Waals surface area contributed by atoms with Gasteiger partial charge in [0.25, 0.3) is 0 Å². The molecule has 0 atom stereocenters. The molecular formula is C9H23P. The van der Waals surface area contributed by atoms with E-state index in [9.17, 15) is 0 Å². The van der Waals surface area contributed by atoms with Crippen molar-refractivity contribution in [2.45, 2.75) is 39.8 Å². The molecule has 0 aliphatic carbocycles. The molecule has 0 saturated carbocycles.